The first-order valence-corrected chi connectivity index (χ1v) is 1.69. The molecular formula is CH7N4NaS. The second kappa shape index (κ2) is 6.61. The van der Waals surface area contributed by atoms with Gasteiger partial charge in [-0.15, -0.1) is 0 Å². The third-order valence-corrected chi connectivity index (χ3v) is 0.498. The Bertz CT molecular complexity index is 49.7. The Morgan fingerprint density at radius 3 is 1.57 bits per heavy atom. The molecule has 38 valence electrons. The van der Waals surface area contributed by atoms with E-state index in [9.17, 15) is 0 Å². The molecule has 0 saturated carbocycles. The van der Waals surface area contributed by atoms with Crippen LogP contribution in [0.4, 0.5) is 0 Å². The second-order valence-electron chi connectivity index (χ2n) is 0.618. The predicted molar refractivity (Wildman–Crippen MR) is 34.4 cm³/mol. The van der Waals surface area contributed by atoms with Gasteiger partial charge in [0.1, 0.15) is 0 Å². The number of nitrogens with one attached hydrogen (secondary N) is 2. The Morgan fingerprint density at radius 2 is 1.57 bits per heavy atom. The summed E-state index contributed by atoms with van der Waals surface area (Å²) in [7, 11) is 0. The third kappa shape index (κ3) is 6.61. The van der Waals surface area contributed by atoms with Gasteiger partial charge in [0.05, 0.1) is 0 Å². The fourth-order valence-electron chi connectivity index (χ4n) is 0.0417. The van der Waals surface area contributed by atoms with Crippen molar-refractivity contribution in [2.45, 2.75) is 0 Å². The number of hydrazine groups is 2. The van der Waals surface area contributed by atoms with E-state index in [-0.39, 0.29) is 34.7 Å². The molecule has 0 atom stereocenters. The van der Waals surface area contributed by atoms with E-state index in [4.69, 9.17) is 11.7 Å². The quantitative estimate of drug-likeness (QED) is 0.127. The molecule has 7 heavy (non-hydrogen) atoms. The summed E-state index contributed by atoms with van der Waals surface area (Å²) in [5.41, 5.74) is 4.22. The van der Waals surface area contributed by atoms with Crippen molar-refractivity contribution in [3.8, 4) is 0 Å². The Morgan fingerprint density at radius 1 is 1.29 bits per heavy atom. The number of hydrogen-bond donors (Lipinski definition) is 4. The van der Waals surface area contributed by atoms with E-state index >= 15 is 0 Å². The third-order valence-electron chi connectivity index (χ3n) is 0.262. The SMILES string of the molecule is NNC(=S)NN.[NaH]. The van der Waals surface area contributed by atoms with Crippen LogP contribution in [0.5, 0.6) is 0 Å². The van der Waals surface area contributed by atoms with Crippen molar-refractivity contribution in [2.24, 2.45) is 11.7 Å². The average Bonchev–Trinajstić information content (AvgIpc) is 1.65. The Hall–Kier alpha value is 0.610. The summed E-state index contributed by atoms with van der Waals surface area (Å²) in [6.45, 7) is 0. The first kappa shape index (κ1) is 10.6. The first-order valence-electron chi connectivity index (χ1n) is 1.28. The molecule has 0 aromatic carbocycles. The van der Waals surface area contributed by atoms with Gasteiger partial charge >= 0.3 is 29.6 Å². The zero-order valence-corrected chi connectivity index (χ0v) is 3.88. The minimum absolute atomic E-state index is 0. The monoisotopic (exact) mass is 130 g/mol. The summed E-state index contributed by atoms with van der Waals surface area (Å²) >= 11 is 4.38. The van der Waals surface area contributed by atoms with E-state index in [1.807, 2.05) is 0 Å². The van der Waals surface area contributed by atoms with Crippen molar-refractivity contribution >= 4 is 46.9 Å². The predicted octanol–water partition coefficient (Wildman–Crippen LogP) is -2.45. The summed E-state index contributed by atoms with van der Waals surface area (Å²) < 4.78 is 0. The van der Waals surface area contributed by atoms with Crippen LogP contribution in [0.3, 0.4) is 0 Å². The zero-order valence-electron chi connectivity index (χ0n) is 3.06. The van der Waals surface area contributed by atoms with Crippen LogP contribution >= 0.6 is 12.2 Å². The van der Waals surface area contributed by atoms with E-state index in [2.05, 4.69) is 23.1 Å². The maximum atomic E-state index is 4.75. The van der Waals surface area contributed by atoms with Crippen LogP contribution in [-0.4, -0.2) is 34.7 Å². The maximum absolute atomic E-state index is 4.75. The summed E-state index contributed by atoms with van der Waals surface area (Å²) in [6.07, 6.45) is 0. The first-order chi connectivity index (χ1) is 2.81. The van der Waals surface area contributed by atoms with Crippen LogP contribution in [-0.2, 0) is 0 Å². The van der Waals surface area contributed by atoms with Gasteiger partial charge in [-0.2, -0.15) is 0 Å². The fraction of sp³-hybridized carbons (Fsp3) is 0. The van der Waals surface area contributed by atoms with Crippen molar-refractivity contribution in [3.05, 3.63) is 0 Å². The van der Waals surface area contributed by atoms with Crippen molar-refractivity contribution in [1.29, 1.82) is 0 Å². The molecule has 0 radical (unpaired) electrons. The minimum atomic E-state index is 0. The van der Waals surface area contributed by atoms with Crippen LogP contribution in [0.25, 0.3) is 0 Å². The number of hydrogen-bond acceptors (Lipinski definition) is 3. The van der Waals surface area contributed by atoms with Crippen LogP contribution in [0.2, 0.25) is 0 Å². The van der Waals surface area contributed by atoms with E-state index in [1.165, 1.54) is 0 Å². The Balaban J connectivity index is 0. The molecule has 0 aromatic rings. The van der Waals surface area contributed by atoms with Crippen molar-refractivity contribution in [2.75, 3.05) is 0 Å². The second-order valence-corrected chi connectivity index (χ2v) is 1.03. The normalized spacial score (nSPS) is 6.00. The molecule has 0 aliphatic rings. The van der Waals surface area contributed by atoms with Gasteiger partial charge in [0.25, 0.3) is 0 Å². The summed E-state index contributed by atoms with van der Waals surface area (Å²) in [5.74, 6) is 9.50. The Labute approximate surface area is 69.2 Å². The topological polar surface area (TPSA) is 76.1 Å². The van der Waals surface area contributed by atoms with Gasteiger partial charge in [0.15, 0.2) is 5.11 Å². The van der Waals surface area contributed by atoms with E-state index in [0.29, 0.717) is 0 Å². The molecule has 0 aromatic heterocycles. The number of thiocarbonyl (C=S) groups is 1. The standard InChI is InChI=1S/CH6N4S.Na.H/c2-4-1(6)5-3;;/h2-3H2,(H2,4,5,6);;. The molecule has 0 saturated heterocycles. The molecule has 0 fully saturated rings. The summed E-state index contributed by atoms with van der Waals surface area (Å²) in [5, 5.41) is 0.231. The molecule has 0 aliphatic heterocycles. The fourth-order valence-corrected chi connectivity index (χ4v) is 0.0417. The van der Waals surface area contributed by atoms with Gasteiger partial charge in [0.2, 0.25) is 0 Å². The van der Waals surface area contributed by atoms with E-state index in [1.54, 1.807) is 0 Å². The molecule has 6 N–H and O–H groups in total. The number of rotatable bonds is 0. The molecular weight excluding hydrogens is 123 g/mol. The molecule has 0 aliphatic carbocycles. The van der Waals surface area contributed by atoms with Gasteiger partial charge in [0, 0.05) is 0 Å². The molecule has 0 spiro atoms. The molecule has 0 rings (SSSR count). The van der Waals surface area contributed by atoms with Gasteiger partial charge in [-0.05, 0) is 12.2 Å². The van der Waals surface area contributed by atoms with Crippen LogP contribution in [0, 0.1) is 0 Å². The van der Waals surface area contributed by atoms with Crippen LogP contribution < -0.4 is 22.5 Å². The molecule has 4 nitrogen and oxygen atoms in total. The van der Waals surface area contributed by atoms with Crippen LogP contribution in [0.1, 0.15) is 0 Å². The van der Waals surface area contributed by atoms with Crippen LogP contribution in [0.15, 0.2) is 0 Å². The van der Waals surface area contributed by atoms with Gasteiger partial charge < -0.3 is 0 Å². The summed E-state index contributed by atoms with van der Waals surface area (Å²) in [4.78, 5) is 0. The number of nitrogens with two attached hydrogens (primary N) is 2. The van der Waals surface area contributed by atoms with E-state index < -0.39 is 0 Å². The van der Waals surface area contributed by atoms with Gasteiger partial charge in [-0.3, -0.25) is 10.9 Å². The Kier molecular flexibility index (Phi) is 9.98. The molecule has 0 heterocycles. The molecule has 0 unspecified atom stereocenters. The molecule has 0 bridgehead atoms. The van der Waals surface area contributed by atoms with E-state index in [0.717, 1.165) is 0 Å². The van der Waals surface area contributed by atoms with Crippen molar-refractivity contribution in [1.82, 2.24) is 10.9 Å². The molecule has 6 heteroatoms. The van der Waals surface area contributed by atoms with Crippen molar-refractivity contribution in [3.63, 3.8) is 0 Å². The average molecular weight is 130 g/mol. The zero-order chi connectivity index (χ0) is 4.99. The van der Waals surface area contributed by atoms with Gasteiger partial charge in [-0.25, -0.2) is 11.7 Å². The van der Waals surface area contributed by atoms with Gasteiger partial charge in [-0.1, -0.05) is 0 Å². The van der Waals surface area contributed by atoms with Crippen molar-refractivity contribution < 1.29 is 0 Å². The summed E-state index contributed by atoms with van der Waals surface area (Å²) in [6, 6.07) is 0. The molecule has 0 amide bonds.